The zero-order valence-electron chi connectivity index (χ0n) is 9.87. The van der Waals surface area contributed by atoms with Gasteiger partial charge < -0.3 is 15.2 Å². The third kappa shape index (κ3) is 4.51. The van der Waals surface area contributed by atoms with Crippen molar-refractivity contribution in [1.29, 1.82) is 0 Å². The van der Waals surface area contributed by atoms with Gasteiger partial charge in [-0.2, -0.15) is 0 Å². The van der Waals surface area contributed by atoms with Gasteiger partial charge in [0, 0.05) is 18.2 Å². The molecule has 1 unspecified atom stereocenters. The second-order valence-corrected chi connectivity index (χ2v) is 4.86. The van der Waals surface area contributed by atoms with Crippen molar-refractivity contribution < 1.29 is 14.6 Å². The summed E-state index contributed by atoms with van der Waals surface area (Å²) in [7, 11) is 0. The zero-order valence-corrected chi connectivity index (χ0v) is 12.0. The molecule has 0 bridgehead atoms. The normalized spacial score (nSPS) is 12.2. The van der Waals surface area contributed by atoms with Crippen LogP contribution in [0.4, 0.5) is 0 Å². The Bertz CT molecular complexity index is 395. The van der Waals surface area contributed by atoms with Gasteiger partial charge in [0.15, 0.2) is 0 Å². The lowest BCUT2D eigenvalue weighted by Gasteiger charge is -2.13. The van der Waals surface area contributed by atoms with E-state index in [-0.39, 0.29) is 17.7 Å². The summed E-state index contributed by atoms with van der Waals surface area (Å²) in [6.45, 7) is 4.90. The first-order valence-corrected chi connectivity index (χ1v) is 6.49. The highest BCUT2D eigenvalue weighted by Gasteiger charge is 2.11. The number of phenolic OH excluding ortho intramolecular Hbond substituents is 1. The topological polar surface area (TPSA) is 58.6 Å². The van der Waals surface area contributed by atoms with Crippen LogP contribution in [-0.4, -0.2) is 30.3 Å². The summed E-state index contributed by atoms with van der Waals surface area (Å²) in [5.74, 6) is -0.0837. The number of hydrogen-bond donors (Lipinski definition) is 2. The maximum absolute atomic E-state index is 11.8. The Morgan fingerprint density at radius 2 is 2.29 bits per heavy atom. The summed E-state index contributed by atoms with van der Waals surface area (Å²) in [5.41, 5.74) is 0.450. The molecule has 1 aromatic rings. The fourth-order valence-corrected chi connectivity index (χ4v) is 1.63. The standard InChI is InChI=1S/C12H16INO3/c1-3-17-7-8(2)14-12(16)9-4-5-10(13)11(15)6-9/h4-6,8,15H,3,7H2,1-2H3,(H,14,16). The molecule has 0 fully saturated rings. The number of carbonyl (C=O) groups is 1. The average Bonchev–Trinajstić information content (AvgIpc) is 2.30. The molecule has 17 heavy (non-hydrogen) atoms. The molecule has 1 amide bonds. The number of benzene rings is 1. The molecule has 1 rings (SSSR count). The average molecular weight is 349 g/mol. The minimum absolute atomic E-state index is 0.0520. The molecule has 0 radical (unpaired) electrons. The highest BCUT2D eigenvalue weighted by molar-refractivity contribution is 14.1. The fraction of sp³-hybridized carbons (Fsp3) is 0.417. The molecule has 0 saturated heterocycles. The molecule has 0 spiro atoms. The van der Waals surface area contributed by atoms with Gasteiger partial charge in [0.1, 0.15) is 5.75 Å². The number of amides is 1. The summed E-state index contributed by atoms with van der Waals surface area (Å²) in [4.78, 5) is 11.8. The van der Waals surface area contributed by atoms with Gasteiger partial charge in [0.25, 0.3) is 5.91 Å². The predicted molar refractivity (Wildman–Crippen MR) is 74.2 cm³/mol. The first-order chi connectivity index (χ1) is 8.04. The van der Waals surface area contributed by atoms with Gasteiger partial charge in [-0.15, -0.1) is 0 Å². The van der Waals surface area contributed by atoms with E-state index in [4.69, 9.17) is 4.74 Å². The van der Waals surface area contributed by atoms with E-state index in [2.05, 4.69) is 5.32 Å². The van der Waals surface area contributed by atoms with Gasteiger partial charge in [-0.1, -0.05) is 0 Å². The van der Waals surface area contributed by atoms with Gasteiger partial charge in [-0.05, 0) is 54.6 Å². The number of halogens is 1. The molecule has 0 aliphatic carbocycles. The monoisotopic (exact) mass is 349 g/mol. The van der Waals surface area contributed by atoms with Crippen molar-refractivity contribution in [1.82, 2.24) is 5.32 Å². The lowest BCUT2D eigenvalue weighted by atomic mass is 10.2. The van der Waals surface area contributed by atoms with Crippen LogP contribution in [0.2, 0.25) is 0 Å². The molecule has 1 atom stereocenters. The number of phenols is 1. The minimum Gasteiger partial charge on any atom is -0.507 e. The van der Waals surface area contributed by atoms with E-state index >= 15 is 0 Å². The second-order valence-electron chi connectivity index (χ2n) is 3.70. The Balaban J connectivity index is 2.60. The van der Waals surface area contributed by atoms with Crippen molar-refractivity contribution in [3.63, 3.8) is 0 Å². The van der Waals surface area contributed by atoms with Crippen molar-refractivity contribution in [2.75, 3.05) is 13.2 Å². The number of hydrogen-bond acceptors (Lipinski definition) is 3. The van der Waals surface area contributed by atoms with E-state index in [1.807, 2.05) is 36.4 Å². The molecule has 1 aromatic carbocycles. The lowest BCUT2D eigenvalue weighted by Crippen LogP contribution is -2.35. The molecule has 0 aliphatic heterocycles. The van der Waals surface area contributed by atoms with E-state index in [1.54, 1.807) is 12.1 Å². The van der Waals surface area contributed by atoms with E-state index in [0.717, 1.165) is 3.57 Å². The quantitative estimate of drug-likeness (QED) is 0.801. The predicted octanol–water partition coefficient (Wildman–Crippen LogP) is 2.15. The zero-order chi connectivity index (χ0) is 12.8. The van der Waals surface area contributed by atoms with Gasteiger partial charge in [0.2, 0.25) is 0 Å². The molecule has 5 heteroatoms. The third-order valence-electron chi connectivity index (χ3n) is 2.16. The van der Waals surface area contributed by atoms with Crippen molar-refractivity contribution in [2.24, 2.45) is 0 Å². The lowest BCUT2D eigenvalue weighted by molar-refractivity contribution is 0.0871. The highest BCUT2D eigenvalue weighted by Crippen LogP contribution is 2.20. The van der Waals surface area contributed by atoms with Crippen molar-refractivity contribution >= 4 is 28.5 Å². The Kier molecular flexibility index (Phi) is 5.70. The van der Waals surface area contributed by atoms with Crippen LogP contribution in [-0.2, 0) is 4.74 Å². The van der Waals surface area contributed by atoms with Crippen LogP contribution in [0.25, 0.3) is 0 Å². The molecule has 2 N–H and O–H groups in total. The summed E-state index contributed by atoms with van der Waals surface area (Å²) >= 11 is 2.01. The maximum atomic E-state index is 11.8. The second kappa shape index (κ2) is 6.80. The maximum Gasteiger partial charge on any atom is 0.251 e. The van der Waals surface area contributed by atoms with Crippen molar-refractivity contribution in [3.05, 3.63) is 27.3 Å². The van der Waals surface area contributed by atoms with Crippen molar-refractivity contribution in [2.45, 2.75) is 19.9 Å². The first kappa shape index (κ1) is 14.2. The summed E-state index contributed by atoms with van der Waals surface area (Å²) in [6.07, 6.45) is 0. The molecule has 94 valence electrons. The Labute approximate surface area is 115 Å². The Morgan fingerprint density at radius 3 is 2.88 bits per heavy atom. The van der Waals surface area contributed by atoms with Crippen LogP contribution < -0.4 is 5.32 Å². The molecule has 0 aliphatic rings. The van der Waals surface area contributed by atoms with E-state index < -0.39 is 0 Å². The van der Waals surface area contributed by atoms with E-state index in [1.165, 1.54) is 6.07 Å². The van der Waals surface area contributed by atoms with Crippen LogP contribution in [0.15, 0.2) is 18.2 Å². The van der Waals surface area contributed by atoms with Crippen LogP contribution in [0, 0.1) is 3.57 Å². The largest absolute Gasteiger partial charge is 0.507 e. The number of nitrogens with one attached hydrogen (secondary N) is 1. The van der Waals surface area contributed by atoms with E-state index in [9.17, 15) is 9.90 Å². The summed E-state index contributed by atoms with van der Waals surface area (Å²) < 4.78 is 5.93. The molecule has 0 aromatic heterocycles. The van der Waals surface area contributed by atoms with Crippen LogP contribution in [0.3, 0.4) is 0 Å². The molecular formula is C12H16INO3. The Hall–Kier alpha value is -0.820. The minimum atomic E-state index is -0.205. The highest BCUT2D eigenvalue weighted by atomic mass is 127. The number of aromatic hydroxyl groups is 1. The number of rotatable bonds is 5. The fourth-order valence-electron chi connectivity index (χ4n) is 1.30. The molecule has 0 saturated carbocycles. The van der Waals surface area contributed by atoms with Crippen LogP contribution >= 0.6 is 22.6 Å². The third-order valence-corrected chi connectivity index (χ3v) is 3.07. The molecule has 0 heterocycles. The Morgan fingerprint density at radius 1 is 1.59 bits per heavy atom. The molecular weight excluding hydrogens is 333 g/mol. The van der Waals surface area contributed by atoms with Gasteiger partial charge in [0.05, 0.1) is 10.2 Å². The SMILES string of the molecule is CCOCC(C)NC(=O)c1ccc(I)c(O)c1. The summed E-state index contributed by atoms with van der Waals surface area (Å²) in [6, 6.07) is 4.80. The first-order valence-electron chi connectivity index (χ1n) is 5.41. The smallest absolute Gasteiger partial charge is 0.251 e. The van der Waals surface area contributed by atoms with Crippen LogP contribution in [0.1, 0.15) is 24.2 Å². The number of carbonyl (C=O) groups excluding carboxylic acids is 1. The van der Waals surface area contributed by atoms with Crippen LogP contribution in [0.5, 0.6) is 5.75 Å². The number of ether oxygens (including phenoxy) is 1. The van der Waals surface area contributed by atoms with Gasteiger partial charge in [-0.25, -0.2) is 0 Å². The summed E-state index contributed by atoms with van der Waals surface area (Å²) in [5, 5.41) is 12.3. The molecule has 4 nitrogen and oxygen atoms in total. The van der Waals surface area contributed by atoms with E-state index in [0.29, 0.717) is 18.8 Å². The van der Waals surface area contributed by atoms with Gasteiger partial charge >= 0.3 is 0 Å². The van der Waals surface area contributed by atoms with Gasteiger partial charge in [-0.3, -0.25) is 4.79 Å². The van der Waals surface area contributed by atoms with Crippen molar-refractivity contribution in [3.8, 4) is 5.75 Å².